The van der Waals surface area contributed by atoms with E-state index in [-0.39, 0.29) is 0 Å². The van der Waals surface area contributed by atoms with Crippen LogP contribution in [0.2, 0.25) is 0 Å². The fourth-order valence-corrected chi connectivity index (χ4v) is 3.94. The van der Waals surface area contributed by atoms with Crippen molar-refractivity contribution in [3.05, 3.63) is 83.4 Å². The van der Waals surface area contributed by atoms with Crippen molar-refractivity contribution in [2.75, 3.05) is 13.7 Å². The van der Waals surface area contributed by atoms with Crippen LogP contribution in [0.25, 0.3) is 0 Å². The molecule has 4 rings (SSSR count). The molecule has 1 aliphatic heterocycles. The summed E-state index contributed by atoms with van der Waals surface area (Å²) in [6.45, 7) is 7.23. The highest BCUT2D eigenvalue weighted by Crippen LogP contribution is 2.45. The van der Waals surface area contributed by atoms with Crippen molar-refractivity contribution in [1.82, 2.24) is 4.48 Å². The minimum Gasteiger partial charge on any atom is -0.202 e. The molecule has 0 radical (unpaired) electrons. The number of quaternary nitrogens is 1. The quantitative estimate of drug-likeness (QED) is 0.384. The molecule has 3 nitrogen and oxygen atoms in total. The van der Waals surface area contributed by atoms with Crippen LogP contribution < -0.4 is 4.48 Å². The topological polar surface area (TPSA) is 15.4 Å². The highest BCUT2D eigenvalue weighted by Gasteiger charge is 2.42. The van der Waals surface area contributed by atoms with Crippen molar-refractivity contribution in [2.24, 2.45) is 5.11 Å². The number of fused-ring (bicyclic) bond motifs is 1. The van der Waals surface area contributed by atoms with Crippen molar-refractivity contribution in [1.29, 1.82) is 0 Å². The number of benzene rings is 3. The summed E-state index contributed by atoms with van der Waals surface area (Å²) >= 11 is 0. The van der Waals surface area contributed by atoms with Gasteiger partial charge in [0.2, 0.25) is 5.69 Å². The number of hydrogen-bond acceptors (Lipinski definition) is 1. The molecule has 0 saturated heterocycles. The lowest BCUT2D eigenvalue weighted by Gasteiger charge is -2.34. The summed E-state index contributed by atoms with van der Waals surface area (Å²) in [6, 6.07) is 23.7. The van der Waals surface area contributed by atoms with Gasteiger partial charge >= 0.3 is 6.67 Å². The SMILES string of the molecule is Cc1ccc2c(c1)N=[N+](c1ccccc1C)C[N+]2(C)c1ccccc1C. The van der Waals surface area contributed by atoms with E-state index in [0.717, 1.165) is 18.0 Å². The Balaban J connectivity index is 1.97. The third-order valence-corrected chi connectivity index (χ3v) is 5.35. The predicted octanol–water partition coefficient (Wildman–Crippen LogP) is 6.28. The molecule has 3 aromatic rings. The van der Waals surface area contributed by atoms with Gasteiger partial charge in [-0.3, -0.25) is 0 Å². The van der Waals surface area contributed by atoms with E-state index >= 15 is 0 Å². The number of para-hydroxylation sites is 2. The second kappa shape index (κ2) is 6.19. The van der Waals surface area contributed by atoms with Gasteiger partial charge in [0.05, 0.1) is 7.05 Å². The molecule has 0 bridgehead atoms. The molecule has 0 fully saturated rings. The molecule has 0 N–H and O–H groups in total. The van der Waals surface area contributed by atoms with Crippen molar-refractivity contribution < 1.29 is 4.70 Å². The van der Waals surface area contributed by atoms with Crippen LogP contribution in [0.15, 0.2) is 71.8 Å². The molecule has 1 unspecified atom stereocenters. The number of aryl methyl sites for hydroxylation is 3. The van der Waals surface area contributed by atoms with Crippen molar-refractivity contribution in [3.8, 4) is 0 Å². The molecule has 0 saturated carbocycles. The highest BCUT2D eigenvalue weighted by molar-refractivity contribution is 5.72. The van der Waals surface area contributed by atoms with Crippen LogP contribution in [0.1, 0.15) is 16.7 Å². The molecule has 1 atom stereocenters. The Bertz CT molecular complexity index is 1020. The summed E-state index contributed by atoms with van der Waals surface area (Å²) in [6.07, 6.45) is 0. The molecule has 0 amide bonds. The lowest BCUT2D eigenvalue weighted by atomic mass is 10.1. The van der Waals surface area contributed by atoms with E-state index < -0.39 is 0 Å². The van der Waals surface area contributed by atoms with Gasteiger partial charge in [-0.25, -0.2) is 4.48 Å². The van der Waals surface area contributed by atoms with Gasteiger partial charge in [-0.1, -0.05) is 42.5 Å². The molecule has 130 valence electrons. The maximum Gasteiger partial charge on any atom is 0.311 e. The Morgan fingerprint density at radius 1 is 0.808 bits per heavy atom. The Labute approximate surface area is 155 Å². The zero-order valence-electron chi connectivity index (χ0n) is 15.9. The van der Waals surface area contributed by atoms with Crippen LogP contribution in [-0.2, 0) is 0 Å². The van der Waals surface area contributed by atoms with Gasteiger partial charge in [0, 0.05) is 34.4 Å². The van der Waals surface area contributed by atoms with Crippen molar-refractivity contribution >= 4 is 22.7 Å². The third-order valence-electron chi connectivity index (χ3n) is 5.35. The number of nitrogens with zero attached hydrogens (tertiary/aromatic N) is 3. The van der Waals surface area contributed by atoms with Crippen LogP contribution in [0.5, 0.6) is 0 Å². The van der Waals surface area contributed by atoms with Crippen LogP contribution in [0.4, 0.5) is 22.7 Å². The largest absolute Gasteiger partial charge is 0.311 e. The highest BCUT2D eigenvalue weighted by atomic mass is 15.5. The molecule has 3 heteroatoms. The van der Waals surface area contributed by atoms with E-state index in [2.05, 4.69) is 99.2 Å². The summed E-state index contributed by atoms with van der Waals surface area (Å²) in [5, 5.41) is 5.01. The van der Waals surface area contributed by atoms with Crippen LogP contribution >= 0.6 is 0 Å². The zero-order valence-corrected chi connectivity index (χ0v) is 15.9. The molecule has 1 aliphatic rings. The van der Waals surface area contributed by atoms with Crippen molar-refractivity contribution in [3.63, 3.8) is 0 Å². The first kappa shape index (κ1) is 16.7. The van der Waals surface area contributed by atoms with Crippen molar-refractivity contribution in [2.45, 2.75) is 20.8 Å². The van der Waals surface area contributed by atoms with Gasteiger partial charge in [-0.2, -0.15) is 0 Å². The first-order valence-electron chi connectivity index (χ1n) is 9.07. The van der Waals surface area contributed by atoms with E-state index in [4.69, 9.17) is 5.11 Å². The van der Waals surface area contributed by atoms with E-state index in [1.54, 1.807) is 0 Å². The Morgan fingerprint density at radius 2 is 1.50 bits per heavy atom. The number of rotatable bonds is 2. The molecular weight excluding hydrogens is 318 g/mol. The van der Waals surface area contributed by atoms with Gasteiger partial charge in [0.15, 0.2) is 11.4 Å². The average molecular weight is 343 g/mol. The predicted molar refractivity (Wildman–Crippen MR) is 108 cm³/mol. The standard InChI is InChI=1S/C23H25N3/c1-17-13-14-23-20(15-17)24-25(21-11-7-5-9-18(21)2)16-26(23,4)22-12-8-6-10-19(22)3/h5-15H,16H2,1-4H3/q+2. The summed E-state index contributed by atoms with van der Waals surface area (Å²) in [5.41, 5.74) is 8.54. The second-order valence-electron chi connectivity index (χ2n) is 7.40. The van der Waals surface area contributed by atoms with E-state index in [9.17, 15) is 0 Å². The van der Waals surface area contributed by atoms with Crippen LogP contribution in [0, 0.1) is 20.8 Å². The van der Waals surface area contributed by atoms with Gasteiger partial charge in [-0.15, -0.1) is 0 Å². The van der Waals surface area contributed by atoms with E-state index in [1.165, 1.54) is 28.1 Å². The number of azo groups is 2. The smallest absolute Gasteiger partial charge is 0.202 e. The zero-order chi connectivity index (χ0) is 18.3. The fraction of sp³-hybridized carbons (Fsp3) is 0.217. The summed E-state index contributed by atoms with van der Waals surface area (Å²) in [7, 11) is 2.29. The first-order chi connectivity index (χ1) is 12.5. The average Bonchev–Trinajstić information content (AvgIpc) is 2.62. The molecular formula is C23H25N3+2. The van der Waals surface area contributed by atoms with E-state index in [0.29, 0.717) is 4.48 Å². The maximum absolute atomic E-state index is 5.01. The van der Waals surface area contributed by atoms with E-state index in [1.807, 2.05) is 0 Å². The molecule has 0 aromatic heterocycles. The molecule has 0 spiro atoms. The first-order valence-corrected chi connectivity index (χ1v) is 9.07. The minimum atomic E-state index is 0.708. The summed E-state index contributed by atoms with van der Waals surface area (Å²) in [4.78, 5) is 0. The molecule has 3 aromatic carbocycles. The van der Waals surface area contributed by atoms with Gasteiger partial charge in [0.1, 0.15) is 5.69 Å². The van der Waals surface area contributed by atoms with Crippen LogP contribution in [-0.4, -0.2) is 18.4 Å². The Kier molecular flexibility index (Phi) is 3.97. The maximum atomic E-state index is 5.01. The molecule has 0 aliphatic carbocycles. The van der Waals surface area contributed by atoms with Gasteiger partial charge < -0.3 is 0 Å². The lowest BCUT2D eigenvalue weighted by molar-refractivity contribution is -0.527. The lowest BCUT2D eigenvalue weighted by Crippen LogP contribution is -2.46. The normalized spacial score (nSPS) is 19.0. The number of hydrogen-bond donors (Lipinski definition) is 0. The monoisotopic (exact) mass is 343 g/mol. The van der Waals surface area contributed by atoms with Gasteiger partial charge in [-0.05, 0) is 37.1 Å². The second-order valence-corrected chi connectivity index (χ2v) is 7.40. The minimum absolute atomic E-state index is 0.708. The third kappa shape index (κ3) is 2.65. The van der Waals surface area contributed by atoms with Gasteiger partial charge in [0.25, 0.3) is 0 Å². The summed E-state index contributed by atoms with van der Waals surface area (Å²) in [5.74, 6) is 0. The molecule has 1 heterocycles. The Morgan fingerprint density at radius 3 is 2.23 bits per heavy atom. The molecule has 26 heavy (non-hydrogen) atoms. The Hall–Kier alpha value is -2.78. The fourth-order valence-electron chi connectivity index (χ4n) is 3.94. The summed E-state index contributed by atoms with van der Waals surface area (Å²) < 4.78 is 2.86. The van der Waals surface area contributed by atoms with Crippen LogP contribution in [0.3, 0.4) is 0 Å².